The highest BCUT2D eigenvalue weighted by atomic mass is 19.4. The first-order valence-electron chi connectivity index (χ1n) is 13.9. The molecule has 40 heavy (non-hydrogen) atoms. The minimum Gasteiger partial charge on any atom is -0.369 e. The van der Waals surface area contributed by atoms with Gasteiger partial charge in [0.05, 0.1) is 5.56 Å². The molecule has 1 aliphatic rings. The van der Waals surface area contributed by atoms with Crippen molar-refractivity contribution in [2.45, 2.75) is 78.1 Å². The first-order valence-corrected chi connectivity index (χ1v) is 13.9. The van der Waals surface area contributed by atoms with E-state index in [0.717, 1.165) is 30.5 Å². The maximum absolute atomic E-state index is 13.5. The van der Waals surface area contributed by atoms with Gasteiger partial charge in [-0.05, 0) is 67.3 Å². The van der Waals surface area contributed by atoms with Crippen LogP contribution in [0, 0.1) is 17.8 Å². The van der Waals surface area contributed by atoms with Gasteiger partial charge >= 0.3 is 6.18 Å². The number of rotatable bonds is 11. The van der Waals surface area contributed by atoms with E-state index < -0.39 is 35.5 Å². The highest BCUT2D eigenvalue weighted by Gasteiger charge is 2.36. The number of likely N-dealkylation sites (tertiary alicyclic amines) is 1. The van der Waals surface area contributed by atoms with Crippen molar-refractivity contribution in [1.82, 2.24) is 15.2 Å². The molecule has 0 aliphatic carbocycles. The molecule has 218 valence electrons. The molecule has 1 aliphatic heterocycles. The number of halogens is 3. The molecule has 1 aromatic carbocycles. The Kier molecular flexibility index (Phi) is 10.7. The van der Waals surface area contributed by atoms with E-state index in [0.29, 0.717) is 43.4 Å². The number of benzene rings is 1. The molecule has 1 fully saturated rings. The third-order valence-corrected chi connectivity index (χ3v) is 7.32. The van der Waals surface area contributed by atoms with Crippen molar-refractivity contribution in [2.75, 3.05) is 6.54 Å². The zero-order valence-corrected chi connectivity index (χ0v) is 23.3. The van der Waals surface area contributed by atoms with Crippen LogP contribution in [0.2, 0.25) is 0 Å². The predicted molar refractivity (Wildman–Crippen MR) is 146 cm³/mol. The van der Waals surface area contributed by atoms with Crippen molar-refractivity contribution < 1.29 is 27.6 Å². The van der Waals surface area contributed by atoms with E-state index in [-0.39, 0.29) is 24.3 Å². The lowest BCUT2D eigenvalue weighted by Gasteiger charge is -2.29. The van der Waals surface area contributed by atoms with Crippen LogP contribution in [0.3, 0.4) is 0 Å². The van der Waals surface area contributed by atoms with Crippen LogP contribution >= 0.6 is 0 Å². The van der Waals surface area contributed by atoms with Gasteiger partial charge in [0.15, 0.2) is 0 Å². The first kappa shape index (κ1) is 31.1. The summed E-state index contributed by atoms with van der Waals surface area (Å²) in [5.41, 5.74) is 6.89. The van der Waals surface area contributed by atoms with Crippen molar-refractivity contribution in [1.29, 1.82) is 0 Å². The molecular weight excluding hydrogens is 521 g/mol. The number of aromatic nitrogens is 1. The maximum Gasteiger partial charge on any atom is 0.416 e. The molecule has 3 rings (SSSR count). The van der Waals surface area contributed by atoms with Crippen LogP contribution in [-0.4, -0.2) is 40.2 Å². The fourth-order valence-electron chi connectivity index (χ4n) is 5.29. The Morgan fingerprint density at radius 1 is 1.10 bits per heavy atom. The van der Waals surface area contributed by atoms with Gasteiger partial charge in [-0.3, -0.25) is 19.4 Å². The lowest BCUT2D eigenvalue weighted by Crippen LogP contribution is -2.50. The number of hydrogen-bond donors (Lipinski definition) is 2. The second-order valence-electron chi connectivity index (χ2n) is 11.0. The zero-order valence-electron chi connectivity index (χ0n) is 23.3. The van der Waals surface area contributed by atoms with E-state index in [4.69, 9.17) is 5.73 Å². The second kappa shape index (κ2) is 13.8. The summed E-state index contributed by atoms with van der Waals surface area (Å²) in [7, 11) is 0. The number of nitrogens with one attached hydrogen (secondary N) is 1. The number of carbonyl (C=O) groups excluding carboxylic acids is 3. The van der Waals surface area contributed by atoms with Gasteiger partial charge in [0.25, 0.3) is 0 Å². The predicted octanol–water partition coefficient (Wildman–Crippen LogP) is 5.33. The number of nitrogens with two attached hydrogens (primary N) is 1. The number of nitrogens with zero attached hydrogens (tertiary/aromatic N) is 2. The quantitative estimate of drug-likeness (QED) is 0.388. The van der Waals surface area contributed by atoms with Gasteiger partial charge in [-0.2, -0.15) is 13.2 Å². The molecule has 0 spiro atoms. The molecule has 0 saturated carbocycles. The summed E-state index contributed by atoms with van der Waals surface area (Å²) in [4.78, 5) is 45.1. The van der Waals surface area contributed by atoms with E-state index in [2.05, 4.69) is 10.3 Å². The van der Waals surface area contributed by atoms with E-state index >= 15 is 0 Å². The molecule has 3 atom stereocenters. The maximum atomic E-state index is 13.5. The third kappa shape index (κ3) is 8.29. The van der Waals surface area contributed by atoms with Crippen LogP contribution in [0.15, 0.2) is 42.7 Å². The number of primary amides is 1. The summed E-state index contributed by atoms with van der Waals surface area (Å²) in [5, 5.41) is 2.93. The number of amides is 3. The molecule has 2 aromatic rings. The Bertz CT molecular complexity index is 1170. The Morgan fingerprint density at radius 2 is 1.80 bits per heavy atom. The van der Waals surface area contributed by atoms with Crippen molar-refractivity contribution in [2.24, 2.45) is 23.5 Å². The van der Waals surface area contributed by atoms with E-state index in [9.17, 15) is 27.6 Å². The van der Waals surface area contributed by atoms with Crippen molar-refractivity contribution >= 4 is 17.7 Å². The fraction of sp³-hybridized carbons (Fsp3) is 0.533. The summed E-state index contributed by atoms with van der Waals surface area (Å²) >= 11 is 0. The summed E-state index contributed by atoms with van der Waals surface area (Å²) in [6.45, 7) is 6.66. The van der Waals surface area contributed by atoms with Crippen molar-refractivity contribution in [3.8, 4) is 11.1 Å². The summed E-state index contributed by atoms with van der Waals surface area (Å²) < 4.78 is 38.8. The Balaban J connectivity index is 1.75. The minimum atomic E-state index is -4.41. The number of hydrogen-bond acceptors (Lipinski definition) is 4. The van der Waals surface area contributed by atoms with Gasteiger partial charge in [-0.15, -0.1) is 0 Å². The standard InChI is InChI=1S/C30H39F3N4O3/c1-4-7-24(27(34)38)25(14-19(2)3)28(39)36-26-8-5-6-13-37(29(26)40)18-20-15-22(17-35-16-20)21-9-11-23(12-10-21)30(31,32)33/h9-12,15-17,19,24-26H,4-8,13-14,18H2,1-3H3,(H2,34,38)(H,36,39)/t24-,25+,26-/m0/s1. The van der Waals surface area contributed by atoms with Gasteiger partial charge in [0.2, 0.25) is 17.7 Å². The third-order valence-electron chi connectivity index (χ3n) is 7.32. The summed E-state index contributed by atoms with van der Waals surface area (Å²) in [6.07, 6.45) is 2.50. The fourth-order valence-corrected chi connectivity index (χ4v) is 5.29. The molecule has 0 bridgehead atoms. The summed E-state index contributed by atoms with van der Waals surface area (Å²) in [5.74, 6) is -2.07. The largest absolute Gasteiger partial charge is 0.416 e. The van der Waals surface area contributed by atoms with Gasteiger partial charge in [-0.25, -0.2) is 0 Å². The molecule has 3 amide bonds. The second-order valence-corrected chi connectivity index (χ2v) is 11.0. The molecule has 7 nitrogen and oxygen atoms in total. The average Bonchev–Trinajstić information content (AvgIpc) is 3.06. The number of alkyl halides is 3. The Hall–Kier alpha value is -3.43. The Morgan fingerprint density at radius 3 is 2.40 bits per heavy atom. The van der Waals surface area contributed by atoms with E-state index in [1.165, 1.54) is 12.1 Å². The molecule has 3 N–H and O–H groups in total. The first-order chi connectivity index (χ1) is 18.9. The smallest absolute Gasteiger partial charge is 0.369 e. The van der Waals surface area contributed by atoms with Crippen LogP contribution in [0.1, 0.15) is 70.4 Å². The molecule has 1 aromatic heterocycles. The van der Waals surface area contributed by atoms with Gasteiger partial charge in [-0.1, -0.05) is 39.3 Å². The van der Waals surface area contributed by atoms with Gasteiger partial charge < -0.3 is 16.0 Å². The topological polar surface area (TPSA) is 105 Å². The normalized spacial score (nSPS) is 17.8. The monoisotopic (exact) mass is 560 g/mol. The van der Waals surface area contributed by atoms with Crippen LogP contribution in [0.25, 0.3) is 11.1 Å². The van der Waals surface area contributed by atoms with Crippen molar-refractivity contribution in [3.63, 3.8) is 0 Å². The number of carbonyl (C=O) groups is 3. The van der Waals surface area contributed by atoms with Crippen LogP contribution in [-0.2, 0) is 27.1 Å². The average molecular weight is 561 g/mol. The molecular formula is C30H39F3N4O3. The van der Waals surface area contributed by atoms with Crippen LogP contribution in [0.5, 0.6) is 0 Å². The van der Waals surface area contributed by atoms with Crippen LogP contribution in [0.4, 0.5) is 13.2 Å². The highest BCUT2D eigenvalue weighted by molar-refractivity contribution is 5.91. The molecule has 1 saturated heterocycles. The van der Waals surface area contributed by atoms with Gasteiger partial charge in [0, 0.05) is 42.9 Å². The SMILES string of the molecule is CCC[C@H](C(N)=O)[C@@H](CC(C)C)C(=O)N[C@H]1CCCCN(Cc2cncc(-c3ccc(C(F)(F)F)cc3)c2)C1=O. The lowest BCUT2D eigenvalue weighted by molar-refractivity contribution is -0.139. The van der Waals surface area contributed by atoms with Gasteiger partial charge in [0.1, 0.15) is 6.04 Å². The molecule has 2 heterocycles. The molecule has 10 heteroatoms. The highest BCUT2D eigenvalue weighted by Crippen LogP contribution is 2.31. The van der Waals surface area contributed by atoms with E-state index in [1.807, 2.05) is 26.8 Å². The Labute approximate surface area is 233 Å². The molecule has 0 radical (unpaired) electrons. The minimum absolute atomic E-state index is 0.167. The molecule has 0 unspecified atom stereocenters. The summed E-state index contributed by atoms with van der Waals surface area (Å²) in [6, 6.07) is 5.95. The lowest BCUT2D eigenvalue weighted by atomic mass is 9.81. The van der Waals surface area contributed by atoms with Crippen LogP contribution < -0.4 is 11.1 Å². The van der Waals surface area contributed by atoms with Crippen molar-refractivity contribution in [3.05, 3.63) is 53.9 Å². The van der Waals surface area contributed by atoms with E-state index in [1.54, 1.807) is 17.3 Å². The zero-order chi connectivity index (χ0) is 29.4. The number of pyridine rings is 1.